The smallest absolute Gasteiger partial charge is 0.219 e. The van der Waals surface area contributed by atoms with Gasteiger partial charge in [0.2, 0.25) is 5.88 Å². The third-order valence-electron chi connectivity index (χ3n) is 4.16. The number of hydrogen-bond donors (Lipinski definition) is 2. The number of nitrogens with zero attached hydrogens (tertiary/aromatic N) is 2. The van der Waals surface area contributed by atoms with Crippen LogP contribution in [0.25, 0.3) is 0 Å². The fourth-order valence-corrected chi connectivity index (χ4v) is 2.70. The van der Waals surface area contributed by atoms with Crippen LogP contribution in [-0.2, 0) is 13.0 Å². The van der Waals surface area contributed by atoms with E-state index in [0.717, 1.165) is 18.5 Å². The highest BCUT2D eigenvalue weighted by Crippen LogP contribution is 2.30. The first kappa shape index (κ1) is 20.2. The summed E-state index contributed by atoms with van der Waals surface area (Å²) >= 11 is 0. The zero-order chi connectivity index (χ0) is 20.3. The van der Waals surface area contributed by atoms with Gasteiger partial charge in [-0.3, -0.25) is 0 Å². The van der Waals surface area contributed by atoms with Gasteiger partial charge in [-0.2, -0.15) is 0 Å². The molecule has 0 aliphatic rings. The Morgan fingerprint density at radius 3 is 2.45 bits per heavy atom. The van der Waals surface area contributed by atoms with Gasteiger partial charge in [-0.25, -0.2) is 9.98 Å². The average Bonchev–Trinajstić information content (AvgIpc) is 2.76. The van der Waals surface area contributed by atoms with Crippen LogP contribution in [0.15, 0.2) is 77.9 Å². The molecule has 0 atom stereocenters. The van der Waals surface area contributed by atoms with Crippen molar-refractivity contribution in [1.29, 1.82) is 0 Å². The van der Waals surface area contributed by atoms with Crippen LogP contribution in [0.3, 0.4) is 0 Å². The minimum Gasteiger partial charge on any atom is -0.490 e. The predicted octanol–water partition coefficient (Wildman–Crippen LogP) is 3.92. The summed E-state index contributed by atoms with van der Waals surface area (Å²) in [5, 5.41) is 3.13. The zero-order valence-corrected chi connectivity index (χ0v) is 16.5. The first-order valence-electron chi connectivity index (χ1n) is 9.67. The van der Waals surface area contributed by atoms with E-state index in [1.807, 2.05) is 61.5 Å². The molecular weight excluding hydrogens is 364 g/mol. The number of nitrogens with two attached hydrogens (primary N) is 1. The van der Waals surface area contributed by atoms with Crippen LogP contribution in [0.1, 0.15) is 18.1 Å². The van der Waals surface area contributed by atoms with E-state index in [0.29, 0.717) is 36.5 Å². The van der Waals surface area contributed by atoms with Crippen molar-refractivity contribution in [3.8, 4) is 17.4 Å². The van der Waals surface area contributed by atoms with Gasteiger partial charge in [0.05, 0.1) is 13.2 Å². The topological polar surface area (TPSA) is 81.8 Å². The van der Waals surface area contributed by atoms with E-state index in [-0.39, 0.29) is 0 Å². The highest BCUT2D eigenvalue weighted by atomic mass is 16.5. The van der Waals surface area contributed by atoms with Crippen molar-refractivity contribution in [3.05, 3.63) is 84.1 Å². The molecule has 3 aromatic rings. The summed E-state index contributed by atoms with van der Waals surface area (Å²) in [6.45, 7) is 3.70. The molecule has 6 nitrogen and oxygen atoms in total. The third kappa shape index (κ3) is 6.53. The van der Waals surface area contributed by atoms with Crippen LogP contribution < -0.4 is 20.5 Å². The average molecular weight is 390 g/mol. The second-order valence-electron chi connectivity index (χ2n) is 6.35. The molecule has 0 fully saturated rings. The molecule has 2 aromatic carbocycles. The number of ether oxygens (including phenoxy) is 2. The first-order valence-corrected chi connectivity index (χ1v) is 9.67. The molecule has 0 bridgehead atoms. The van der Waals surface area contributed by atoms with Crippen LogP contribution in [0.2, 0.25) is 0 Å². The number of aliphatic imine (C=N–C) groups is 1. The van der Waals surface area contributed by atoms with E-state index in [9.17, 15) is 0 Å². The number of nitrogens with one attached hydrogen (secondary N) is 1. The molecule has 0 aliphatic heterocycles. The highest BCUT2D eigenvalue weighted by Gasteiger charge is 2.06. The van der Waals surface area contributed by atoms with Gasteiger partial charge in [0.15, 0.2) is 17.5 Å². The van der Waals surface area contributed by atoms with Crippen LogP contribution in [0, 0.1) is 0 Å². The van der Waals surface area contributed by atoms with Gasteiger partial charge in [-0.05, 0) is 36.6 Å². The van der Waals surface area contributed by atoms with E-state index in [2.05, 4.69) is 27.4 Å². The van der Waals surface area contributed by atoms with E-state index in [1.165, 1.54) is 5.56 Å². The lowest BCUT2D eigenvalue weighted by Gasteiger charge is -2.10. The summed E-state index contributed by atoms with van der Waals surface area (Å²) < 4.78 is 11.4. The molecule has 0 spiro atoms. The fraction of sp³-hybridized carbons (Fsp3) is 0.217. The number of pyridine rings is 1. The Labute approximate surface area is 171 Å². The molecular formula is C23H26N4O2. The minimum absolute atomic E-state index is 0.423. The second kappa shape index (κ2) is 10.7. The van der Waals surface area contributed by atoms with Gasteiger partial charge in [-0.15, -0.1) is 0 Å². The van der Waals surface area contributed by atoms with Crippen LogP contribution in [0.5, 0.6) is 17.4 Å². The molecule has 29 heavy (non-hydrogen) atoms. The molecule has 1 aromatic heterocycles. The molecule has 1 heterocycles. The predicted molar refractivity (Wildman–Crippen MR) is 115 cm³/mol. The molecule has 0 saturated heterocycles. The molecule has 150 valence electrons. The number of hydrogen-bond acceptors (Lipinski definition) is 4. The van der Waals surface area contributed by atoms with E-state index >= 15 is 0 Å². The Balaban J connectivity index is 1.49. The van der Waals surface area contributed by atoms with Crippen molar-refractivity contribution in [3.63, 3.8) is 0 Å². The maximum absolute atomic E-state index is 5.94. The number of para-hydroxylation sites is 2. The summed E-state index contributed by atoms with van der Waals surface area (Å²) in [6.07, 6.45) is 2.63. The summed E-state index contributed by atoms with van der Waals surface area (Å²) in [4.78, 5) is 8.71. The number of benzene rings is 2. The maximum atomic E-state index is 5.94. The summed E-state index contributed by atoms with van der Waals surface area (Å²) in [5.74, 6) is 2.25. The van der Waals surface area contributed by atoms with Crippen molar-refractivity contribution < 1.29 is 9.47 Å². The Hall–Kier alpha value is -3.54. The summed E-state index contributed by atoms with van der Waals surface area (Å²) in [5.41, 5.74) is 8.15. The van der Waals surface area contributed by atoms with Crippen molar-refractivity contribution in [2.75, 3.05) is 13.2 Å². The second-order valence-corrected chi connectivity index (χ2v) is 6.35. The molecule has 3 N–H and O–H groups in total. The van der Waals surface area contributed by atoms with Crippen LogP contribution in [-0.4, -0.2) is 24.1 Å². The standard InChI is InChI=1S/C23H26N4O2/c1-2-28-20-10-6-7-11-21(20)29-22-13-12-19(16-26-22)17-27-23(24)25-15-14-18-8-4-3-5-9-18/h3-13,16H,2,14-15,17H2,1H3,(H3,24,25,27). The zero-order valence-electron chi connectivity index (χ0n) is 16.5. The van der Waals surface area contributed by atoms with Crippen LogP contribution in [0.4, 0.5) is 0 Å². The lowest BCUT2D eigenvalue weighted by molar-refractivity contribution is 0.319. The van der Waals surface area contributed by atoms with E-state index < -0.39 is 0 Å². The largest absolute Gasteiger partial charge is 0.490 e. The minimum atomic E-state index is 0.423. The highest BCUT2D eigenvalue weighted by molar-refractivity contribution is 5.77. The van der Waals surface area contributed by atoms with Gasteiger partial charge in [-0.1, -0.05) is 48.5 Å². The van der Waals surface area contributed by atoms with Gasteiger partial charge in [0.1, 0.15) is 0 Å². The van der Waals surface area contributed by atoms with Crippen molar-refractivity contribution in [1.82, 2.24) is 10.3 Å². The van der Waals surface area contributed by atoms with Gasteiger partial charge in [0, 0.05) is 18.8 Å². The first-order chi connectivity index (χ1) is 14.2. The van der Waals surface area contributed by atoms with Gasteiger partial charge >= 0.3 is 0 Å². The normalized spacial score (nSPS) is 11.1. The monoisotopic (exact) mass is 390 g/mol. The molecule has 0 saturated carbocycles. The SMILES string of the molecule is CCOc1ccccc1Oc1ccc(CN=C(N)NCCc2ccccc2)cn1. The lowest BCUT2D eigenvalue weighted by atomic mass is 10.1. The lowest BCUT2D eigenvalue weighted by Crippen LogP contribution is -2.33. The Morgan fingerprint density at radius 1 is 0.966 bits per heavy atom. The van der Waals surface area contributed by atoms with Crippen molar-refractivity contribution >= 4 is 5.96 Å². The molecule has 0 unspecified atom stereocenters. The molecule has 0 amide bonds. The Bertz CT molecular complexity index is 912. The number of guanidine groups is 1. The molecule has 6 heteroatoms. The summed E-state index contributed by atoms with van der Waals surface area (Å²) in [7, 11) is 0. The van der Waals surface area contributed by atoms with Gasteiger partial charge < -0.3 is 20.5 Å². The van der Waals surface area contributed by atoms with Gasteiger partial charge in [0.25, 0.3) is 0 Å². The molecule has 3 rings (SSSR count). The Kier molecular flexibility index (Phi) is 7.46. The van der Waals surface area contributed by atoms with Crippen molar-refractivity contribution in [2.24, 2.45) is 10.7 Å². The third-order valence-corrected chi connectivity index (χ3v) is 4.16. The Morgan fingerprint density at radius 2 is 1.72 bits per heavy atom. The number of aromatic nitrogens is 1. The fourth-order valence-electron chi connectivity index (χ4n) is 2.70. The quantitative estimate of drug-likeness (QED) is 0.427. The van der Waals surface area contributed by atoms with E-state index in [1.54, 1.807) is 6.20 Å². The summed E-state index contributed by atoms with van der Waals surface area (Å²) in [6, 6.07) is 21.5. The van der Waals surface area contributed by atoms with Crippen molar-refractivity contribution in [2.45, 2.75) is 19.9 Å². The van der Waals surface area contributed by atoms with Crippen LogP contribution >= 0.6 is 0 Å². The molecule has 0 radical (unpaired) electrons. The van der Waals surface area contributed by atoms with E-state index in [4.69, 9.17) is 15.2 Å². The maximum Gasteiger partial charge on any atom is 0.219 e. The number of rotatable bonds is 9. The molecule has 0 aliphatic carbocycles.